The van der Waals surface area contributed by atoms with E-state index < -0.39 is 62.8 Å². The van der Waals surface area contributed by atoms with E-state index in [1.54, 1.807) is 32.0 Å². The lowest BCUT2D eigenvalue weighted by atomic mass is 10.2. The maximum Gasteiger partial charge on any atom is 0.459 e. The summed E-state index contributed by atoms with van der Waals surface area (Å²) in [5.41, 5.74) is 4.40. The summed E-state index contributed by atoms with van der Waals surface area (Å²) in [5, 5.41) is 2.46. The molecule has 11 nitrogen and oxygen atoms in total. The molecule has 0 aliphatic carbocycles. The molecule has 0 saturated carbocycles. The molecular formula is C21H27F2N4O7P. The predicted octanol–water partition coefficient (Wildman–Crippen LogP) is 2.88. The highest BCUT2D eigenvalue weighted by atomic mass is 31.2. The zero-order valence-electron chi connectivity index (χ0n) is 19.3. The van der Waals surface area contributed by atoms with Crippen molar-refractivity contribution >= 4 is 19.5 Å². The van der Waals surface area contributed by atoms with Crippen LogP contribution in [0, 0.1) is 0 Å². The van der Waals surface area contributed by atoms with Gasteiger partial charge in [-0.05, 0) is 39.0 Å². The highest BCUT2D eigenvalue weighted by Crippen LogP contribution is 2.47. The van der Waals surface area contributed by atoms with Crippen LogP contribution in [0.2, 0.25) is 0 Å². The Kier molecular flexibility index (Phi) is 8.26. The van der Waals surface area contributed by atoms with Crippen LogP contribution < -0.4 is 21.0 Å². The second kappa shape index (κ2) is 10.8. The lowest BCUT2D eigenvalue weighted by molar-refractivity contribution is -0.149. The molecule has 3 N–H and O–H groups in total. The van der Waals surface area contributed by atoms with Gasteiger partial charge >= 0.3 is 19.4 Å². The van der Waals surface area contributed by atoms with Crippen LogP contribution >= 0.6 is 7.75 Å². The molecule has 35 heavy (non-hydrogen) atoms. The summed E-state index contributed by atoms with van der Waals surface area (Å²) in [5.74, 6) is -4.13. The van der Waals surface area contributed by atoms with E-state index in [0.29, 0.717) is 4.57 Å². The molecule has 1 aliphatic heterocycles. The summed E-state index contributed by atoms with van der Waals surface area (Å²) in [4.78, 5) is 27.6. The van der Waals surface area contributed by atoms with Gasteiger partial charge < -0.3 is 19.7 Å². The molecule has 1 unspecified atom stereocenters. The maximum atomic E-state index is 14.7. The van der Waals surface area contributed by atoms with Crippen molar-refractivity contribution in [1.29, 1.82) is 0 Å². The maximum absolute atomic E-state index is 14.7. The molecular weight excluding hydrogens is 489 g/mol. The first kappa shape index (κ1) is 26.7. The number of benzene rings is 1. The molecule has 1 aromatic carbocycles. The van der Waals surface area contributed by atoms with Crippen LogP contribution in [0.25, 0.3) is 0 Å². The van der Waals surface area contributed by atoms with Crippen LogP contribution in [-0.2, 0) is 23.4 Å². The Morgan fingerprint density at radius 1 is 1.31 bits per heavy atom. The Labute approximate surface area is 200 Å². The standard InChI is InChI=1S/C21H27F2N4O7P/c1-13(2)32-18(28)14(3)26-35(30,34-15-7-5-4-6-8-15)31-12-16-11-21(22,23)19(33-16)27-10-9-17(24)25-20(27)29/h4-10,13-14,16,19H,11-12H2,1-3H3,(H,26,30)(H2,24,25,29)/t14-,16+,19-,35?/m1/s1. The number of esters is 1. The molecule has 0 bridgehead atoms. The van der Waals surface area contributed by atoms with E-state index in [2.05, 4.69) is 10.1 Å². The second-order valence-corrected chi connectivity index (χ2v) is 9.85. The lowest BCUT2D eigenvalue weighted by Gasteiger charge is -2.24. The average Bonchev–Trinajstić information content (AvgIpc) is 3.06. The van der Waals surface area contributed by atoms with E-state index in [-0.39, 0.29) is 11.6 Å². The van der Waals surface area contributed by atoms with Gasteiger partial charge in [0.2, 0.25) is 6.23 Å². The van der Waals surface area contributed by atoms with Crippen LogP contribution in [0.3, 0.4) is 0 Å². The number of nitrogen functional groups attached to an aromatic ring is 1. The van der Waals surface area contributed by atoms with Crippen molar-refractivity contribution in [2.75, 3.05) is 12.3 Å². The molecule has 2 heterocycles. The van der Waals surface area contributed by atoms with Crippen molar-refractivity contribution in [3.05, 3.63) is 53.1 Å². The monoisotopic (exact) mass is 516 g/mol. The number of nitrogens with two attached hydrogens (primary N) is 1. The molecule has 1 saturated heterocycles. The molecule has 14 heteroatoms. The predicted molar refractivity (Wildman–Crippen MR) is 121 cm³/mol. The Hall–Kier alpha value is -2.86. The zero-order chi connectivity index (χ0) is 25.8. The molecule has 0 radical (unpaired) electrons. The fourth-order valence-corrected chi connectivity index (χ4v) is 4.74. The minimum Gasteiger partial charge on any atom is -0.462 e. The fourth-order valence-electron chi connectivity index (χ4n) is 3.22. The number of halogens is 2. The van der Waals surface area contributed by atoms with Gasteiger partial charge in [-0.3, -0.25) is 13.9 Å². The van der Waals surface area contributed by atoms with Crippen molar-refractivity contribution in [2.45, 2.75) is 57.6 Å². The van der Waals surface area contributed by atoms with Crippen molar-refractivity contribution in [1.82, 2.24) is 14.6 Å². The first-order valence-electron chi connectivity index (χ1n) is 10.7. The molecule has 1 aromatic heterocycles. The van der Waals surface area contributed by atoms with Gasteiger partial charge in [0.05, 0.1) is 18.8 Å². The number of carbonyl (C=O) groups excluding carboxylic acids is 1. The number of hydrogen-bond acceptors (Lipinski definition) is 9. The van der Waals surface area contributed by atoms with E-state index in [1.807, 2.05) is 0 Å². The number of para-hydroxylation sites is 1. The minimum atomic E-state index is -4.27. The summed E-state index contributed by atoms with van der Waals surface area (Å²) in [6.07, 6.45) is -3.41. The second-order valence-electron chi connectivity index (χ2n) is 8.15. The summed E-state index contributed by atoms with van der Waals surface area (Å²) in [7, 11) is -4.27. The summed E-state index contributed by atoms with van der Waals surface area (Å²) >= 11 is 0. The van der Waals surface area contributed by atoms with Crippen LogP contribution in [-0.4, -0.2) is 46.3 Å². The lowest BCUT2D eigenvalue weighted by Crippen LogP contribution is -2.36. The van der Waals surface area contributed by atoms with E-state index in [0.717, 1.165) is 6.20 Å². The van der Waals surface area contributed by atoms with Gasteiger partial charge in [-0.15, -0.1) is 0 Å². The fraction of sp³-hybridized carbons (Fsp3) is 0.476. The number of alkyl halides is 2. The van der Waals surface area contributed by atoms with Gasteiger partial charge in [0.15, 0.2) is 0 Å². The zero-order valence-corrected chi connectivity index (χ0v) is 20.2. The number of nitrogens with zero attached hydrogens (tertiary/aromatic N) is 2. The van der Waals surface area contributed by atoms with E-state index in [4.69, 9.17) is 24.3 Å². The number of anilines is 1. The van der Waals surface area contributed by atoms with Gasteiger partial charge in [0.25, 0.3) is 5.92 Å². The highest BCUT2D eigenvalue weighted by Gasteiger charge is 2.52. The SMILES string of the molecule is CC(C)OC(=O)[C@@H](C)NP(=O)(OC[C@@H]1CC(F)(F)[C@H](n2ccc(N)nc2=O)O1)Oc1ccccc1. The van der Waals surface area contributed by atoms with E-state index in [1.165, 1.54) is 25.1 Å². The molecule has 2 aromatic rings. The van der Waals surface area contributed by atoms with Crippen molar-refractivity contribution in [3.63, 3.8) is 0 Å². The van der Waals surface area contributed by atoms with Gasteiger partial charge in [-0.25, -0.2) is 18.1 Å². The van der Waals surface area contributed by atoms with Crippen molar-refractivity contribution in [3.8, 4) is 5.75 Å². The van der Waals surface area contributed by atoms with Crippen LogP contribution in [0.15, 0.2) is 47.4 Å². The third-order valence-electron chi connectivity index (χ3n) is 4.74. The highest BCUT2D eigenvalue weighted by molar-refractivity contribution is 7.52. The summed E-state index contributed by atoms with van der Waals surface area (Å²) < 4.78 is 64.7. The van der Waals surface area contributed by atoms with Gasteiger partial charge in [0, 0.05) is 12.6 Å². The van der Waals surface area contributed by atoms with E-state index in [9.17, 15) is 22.9 Å². The van der Waals surface area contributed by atoms with Gasteiger partial charge in [-0.1, -0.05) is 18.2 Å². The van der Waals surface area contributed by atoms with Crippen molar-refractivity contribution in [2.24, 2.45) is 0 Å². The number of aromatic nitrogens is 2. The normalized spacial score (nSPS) is 21.9. The third kappa shape index (κ3) is 7.07. The summed E-state index contributed by atoms with van der Waals surface area (Å²) in [6, 6.07) is 8.05. The largest absolute Gasteiger partial charge is 0.462 e. The molecule has 192 valence electrons. The first-order chi connectivity index (χ1) is 16.4. The van der Waals surface area contributed by atoms with Crippen LogP contribution in [0.5, 0.6) is 5.75 Å². The Morgan fingerprint density at radius 2 is 2.00 bits per heavy atom. The quantitative estimate of drug-likeness (QED) is 0.357. The van der Waals surface area contributed by atoms with Gasteiger partial charge in [-0.2, -0.15) is 10.1 Å². The topological polar surface area (TPSA) is 144 Å². The van der Waals surface area contributed by atoms with Gasteiger partial charge in [0.1, 0.15) is 17.6 Å². The number of carbonyl (C=O) groups is 1. The molecule has 3 rings (SSSR count). The Bertz CT molecular complexity index is 1130. The summed E-state index contributed by atoms with van der Waals surface area (Å²) in [6.45, 7) is 4.10. The molecule has 1 aliphatic rings. The van der Waals surface area contributed by atoms with Crippen LogP contribution in [0.4, 0.5) is 14.6 Å². The average molecular weight is 516 g/mol. The van der Waals surface area contributed by atoms with Crippen molar-refractivity contribution < 1.29 is 36.7 Å². The smallest absolute Gasteiger partial charge is 0.459 e. The number of rotatable bonds is 10. The number of ether oxygens (including phenoxy) is 2. The molecule has 4 atom stereocenters. The first-order valence-corrected chi connectivity index (χ1v) is 12.3. The Balaban J connectivity index is 1.74. The molecule has 0 spiro atoms. The van der Waals surface area contributed by atoms with E-state index >= 15 is 0 Å². The molecule has 1 fully saturated rings. The minimum absolute atomic E-state index is 0.123. The number of nitrogens with one attached hydrogen (secondary N) is 1. The molecule has 0 amide bonds. The number of hydrogen-bond donors (Lipinski definition) is 2. The van der Waals surface area contributed by atoms with Crippen LogP contribution in [0.1, 0.15) is 33.4 Å². The Morgan fingerprint density at radius 3 is 2.63 bits per heavy atom. The third-order valence-corrected chi connectivity index (χ3v) is 6.39.